The Balaban J connectivity index is 1.29. The fraction of sp³-hybridized carbons (Fsp3) is 0.519. The van der Waals surface area contributed by atoms with Crippen LogP contribution >= 0.6 is 0 Å². The molecule has 4 aromatic heterocycles. The van der Waals surface area contributed by atoms with E-state index in [1.807, 2.05) is 12.3 Å². The number of nitrogens with zero attached hydrogens (tertiary/aromatic N) is 4. The molecular formula is C27H33N5O2. The molecule has 1 N–H and O–H groups in total. The van der Waals surface area contributed by atoms with E-state index in [2.05, 4.69) is 48.0 Å². The standard InChI is InChI=1S/C27H33N5O2/c1-16(2)23-24(19-11-22(33-4)26-28-15-29-32(26)12-19)31-21-6-5-20(30-25(21)23)18-9-17(10-18)7-8-27(3)13-34-14-27/h5-6,11-12,15-18,31H,7-10,13-14H2,1-4H3. The molecule has 5 heterocycles. The summed E-state index contributed by atoms with van der Waals surface area (Å²) in [6, 6.07) is 6.46. The van der Waals surface area contributed by atoms with Crippen LogP contribution in [0.2, 0.25) is 0 Å². The quantitative estimate of drug-likeness (QED) is 0.383. The summed E-state index contributed by atoms with van der Waals surface area (Å²) in [5.74, 6) is 2.43. The number of nitrogens with one attached hydrogen (secondary N) is 1. The SMILES string of the molecule is COc1cc(-c2[nH]c3ccc(C4CC(CCC5(C)COC5)C4)nc3c2C(C)C)cn2ncnc12. The summed E-state index contributed by atoms with van der Waals surface area (Å²) < 4.78 is 12.8. The zero-order valence-electron chi connectivity index (χ0n) is 20.5. The first-order chi connectivity index (χ1) is 16.4. The summed E-state index contributed by atoms with van der Waals surface area (Å²) in [4.78, 5) is 13.2. The molecule has 0 amide bonds. The molecule has 34 heavy (non-hydrogen) atoms. The number of H-pyrrole nitrogens is 1. The van der Waals surface area contributed by atoms with Crippen molar-refractivity contribution in [3.63, 3.8) is 0 Å². The predicted octanol–water partition coefficient (Wildman–Crippen LogP) is 5.71. The van der Waals surface area contributed by atoms with Gasteiger partial charge in [-0.25, -0.2) is 9.50 Å². The summed E-state index contributed by atoms with van der Waals surface area (Å²) in [5, 5.41) is 4.33. The van der Waals surface area contributed by atoms with Crippen LogP contribution in [0.5, 0.6) is 5.75 Å². The van der Waals surface area contributed by atoms with Crippen molar-refractivity contribution in [2.45, 2.75) is 58.3 Å². The molecule has 7 nitrogen and oxygen atoms in total. The van der Waals surface area contributed by atoms with E-state index >= 15 is 0 Å². The van der Waals surface area contributed by atoms with Crippen LogP contribution < -0.4 is 4.74 Å². The van der Waals surface area contributed by atoms with Gasteiger partial charge in [-0.1, -0.05) is 20.8 Å². The molecule has 0 unspecified atom stereocenters. The van der Waals surface area contributed by atoms with Crippen molar-refractivity contribution in [2.75, 3.05) is 20.3 Å². The van der Waals surface area contributed by atoms with Gasteiger partial charge in [0.25, 0.3) is 0 Å². The van der Waals surface area contributed by atoms with E-state index in [9.17, 15) is 0 Å². The van der Waals surface area contributed by atoms with E-state index in [1.54, 1.807) is 18.0 Å². The Hall–Kier alpha value is -2.93. The van der Waals surface area contributed by atoms with Crippen molar-refractivity contribution in [1.29, 1.82) is 0 Å². The fourth-order valence-electron chi connectivity index (χ4n) is 5.66. The number of fused-ring (bicyclic) bond motifs is 2. The van der Waals surface area contributed by atoms with Crippen LogP contribution in [-0.4, -0.2) is 44.9 Å². The second-order valence-corrected chi connectivity index (χ2v) is 10.9. The molecular weight excluding hydrogens is 426 g/mol. The molecule has 0 spiro atoms. The van der Waals surface area contributed by atoms with Gasteiger partial charge in [0.2, 0.25) is 0 Å². The molecule has 1 aliphatic carbocycles. The number of aromatic amines is 1. The third-order valence-corrected chi connectivity index (χ3v) is 7.84. The van der Waals surface area contributed by atoms with Crippen LogP contribution in [-0.2, 0) is 4.74 Å². The number of rotatable bonds is 7. The van der Waals surface area contributed by atoms with Crippen molar-refractivity contribution < 1.29 is 9.47 Å². The molecule has 0 bridgehead atoms. The number of ether oxygens (including phenoxy) is 2. The monoisotopic (exact) mass is 459 g/mol. The van der Waals surface area contributed by atoms with Gasteiger partial charge in [-0.15, -0.1) is 0 Å². The van der Waals surface area contributed by atoms with Gasteiger partial charge in [0.1, 0.15) is 6.33 Å². The average molecular weight is 460 g/mol. The van der Waals surface area contributed by atoms with Gasteiger partial charge in [-0.05, 0) is 55.7 Å². The molecule has 0 atom stereocenters. The van der Waals surface area contributed by atoms with Crippen molar-refractivity contribution in [3.05, 3.63) is 42.0 Å². The molecule has 178 valence electrons. The lowest BCUT2D eigenvalue weighted by molar-refractivity contribution is -0.109. The Kier molecular flexibility index (Phi) is 5.13. The topological polar surface area (TPSA) is 77.3 Å². The van der Waals surface area contributed by atoms with Crippen molar-refractivity contribution in [3.8, 4) is 17.0 Å². The van der Waals surface area contributed by atoms with Crippen molar-refractivity contribution in [2.24, 2.45) is 11.3 Å². The minimum Gasteiger partial charge on any atom is -0.493 e. The maximum atomic E-state index is 5.60. The summed E-state index contributed by atoms with van der Waals surface area (Å²) in [6.07, 6.45) is 8.67. The van der Waals surface area contributed by atoms with Crippen LogP contribution in [0, 0.1) is 11.3 Å². The van der Waals surface area contributed by atoms with E-state index in [-0.39, 0.29) is 0 Å². The van der Waals surface area contributed by atoms with Crippen LogP contribution in [0.25, 0.3) is 27.9 Å². The molecule has 1 saturated carbocycles. The lowest BCUT2D eigenvalue weighted by Crippen LogP contribution is -2.40. The maximum Gasteiger partial charge on any atom is 0.197 e. The van der Waals surface area contributed by atoms with Crippen LogP contribution in [0.15, 0.2) is 30.7 Å². The van der Waals surface area contributed by atoms with E-state index in [0.717, 1.165) is 41.4 Å². The molecule has 6 rings (SSSR count). The van der Waals surface area contributed by atoms with Crippen LogP contribution in [0.1, 0.15) is 69.5 Å². The summed E-state index contributed by atoms with van der Waals surface area (Å²) in [6.45, 7) is 8.69. The van der Waals surface area contributed by atoms with Crippen LogP contribution in [0.4, 0.5) is 0 Å². The summed E-state index contributed by atoms with van der Waals surface area (Å²) in [5.41, 5.74) is 7.88. The highest BCUT2D eigenvalue weighted by molar-refractivity contribution is 5.89. The second kappa shape index (κ2) is 8.08. The predicted molar refractivity (Wildman–Crippen MR) is 132 cm³/mol. The molecule has 7 heteroatoms. The fourth-order valence-corrected chi connectivity index (χ4v) is 5.66. The number of hydrogen-bond donors (Lipinski definition) is 1. The Morgan fingerprint density at radius 3 is 2.79 bits per heavy atom. The first-order valence-electron chi connectivity index (χ1n) is 12.4. The first-order valence-corrected chi connectivity index (χ1v) is 12.4. The molecule has 1 aliphatic heterocycles. The Labute approximate surface area is 199 Å². The van der Waals surface area contributed by atoms with Gasteiger partial charge >= 0.3 is 0 Å². The molecule has 4 aromatic rings. The van der Waals surface area contributed by atoms with E-state index in [0.29, 0.717) is 28.6 Å². The zero-order valence-corrected chi connectivity index (χ0v) is 20.5. The van der Waals surface area contributed by atoms with Gasteiger partial charge in [-0.3, -0.25) is 4.98 Å². The van der Waals surface area contributed by atoms with E-state index in [1.165, 1.54) is 36.9 Å². The second-order valence-electron chi connectivity index (χ2n) is 10.9. The lowest BCUT2D eigenvalue weighted by atomic mass is 9.68. The highest BCUT2D eigenvalue weighted by atomic mass is 16.5. The van der Waals surface area contributed by atoms with E-state index in [4.69, 9.17) is 14.5 Å². The number of hydrogen-bond acceptors (Lipinski definition) is 5. The van der Waals surface area contributed by atoms with E-state index < -0.39 is 0 Å². The van der Waals surface area contributed by atoms with Gasteiger partial charge in [0.15, 0.2) is 11.4 Å². The largest absolute Gasteiger partial charge is 0.493 e. The highest BCUT2D eigenvalue weighted by Gasteiger charge is 2.37. The molecule has 2 fully saturated rings. The summed E-state index contributed by atoms with van der Waals surface area (Å²) in [7, 11) is 1.67. The minimum absolute atomic E-state index is 0.323. The number of methoxy groups -OCH3 is 1. The zero-order chi connectivity index (χ0) is 23.4. The number of aromatic nitrogens is 5. The van der Waals surface area contributed by atoms with Gasteiger partial charge in [-0.2, -0.15) is 5.10 Å². The highest BCUT2D eigenvalue weighted by Crippen LogP contribution is 2.46. The molecule has 0 aromatic carbocycles. The summed E-state index contributed by atoms with van der Waals surface area (Å²) >= 11 is 0. The Morgan fingerprint density at radius 1 is 1.26 bits per heavy atom. The third-order valence-electron chi connectivity index (χ3n) is 7.84. The average Bonchev–Trinajstić information content (AvgIpc) is 3.40. The molecule has 1 saturated heterocycles. The Morgan fingerprint density at radius 2 is 2.09 bits per heavy atom. The van der Waals surface area contributed by atoms with Gasteiger partial charge < -0.3 is 14.5 Å². The van der Waals surface area contributed by atoms with Crippen LogP contribution in [0.3, 0.4) is 0 Å². The van der Waals surface area contributed by atoms with Crippen molar-refractivity contribution >= 4 is 16.7 Å². The molecule has 0 radical (unpaired) electrons. The lowest BCUT2D eigenvalue weighted by Gasteiger charge is -2.41. The normalized spacial score (nSPS) is 21.7. The Bertz CT molecular complexity index is 1340. The smallest absolute Gasteiger partial charge is 0.197 e. The first kappa shape index (κ1) is 21.6. The minimum atomic E-state index is 0.323. The maximum absolute atomic E-state index is 5.60. The molecule has 2 aliphatic rings. The third kappa shape index (κ3) is 3.57. The van der Waals surface area contributed by atoms with Gasteiger partial charge in [0, 0.05) is 34.4 Å². The van der Waals surface area contributed by atoms with Crippen molar-refractivity contribution in [1.82, 2.24) is 24.6 Å². The number of pyridine rings is 2. The van der Waals surface area contributed by atoms with Gasteiger partial charge in [0.05, 0.1) is 37.1 Å².